The molecule has 6 nitrogen and oxygen atoms in total. The van der Waals surface area contributed by atoms with Crippen molar-refractivity contribution in [3.63, 3.8) is 0 Å². The van der Waals surface area contributed by atoms with Gasteiger partial charge >= 0.3 is 0 Å². The summed E-state index contributed by atoms with van der Waals surface area (Å²) in [6.45, 7) is 1.75. The molecule has 2 aromatic carbocycles. The molecule has 1 atom stereocenters. The molecule has 130 valence electrons. The number of benzene rings is 2. The fourth-order valence-corrected chi connectivity index (χ4v) is 2.45. The van der Waals surface area contributed by atoms with Gasteiger partial charge in [0.15, 0.2) is 6.61 Å². The Hall–Kier alpha value is -3.59. The van der Waals surface area contributed by atoms with Crippen molar-refractivity contribution in [3.05, 3.63) is 72.2 Å². The van der Waals surface area contributed by atoms with E-state index in [0.717, 1.165) is 11.3 Å². The predicted molar refractivity (Wildman–Crippen MR) is 97.2 cm³/mol. The van der Waals surface area contributed by atoms with Crippen molar-refractivity contribution in [1.29, 1.82) is 5.26 Å². The van der Waals surface area contributed by atoms with E-state index in [9.17, 15) is 4.79 Å². The molecule has 6 heteroatoms. The van der Waals surface area contributed by atoms with Crippen LogP contribution in [0.15, 0.2) is 60.8 Å². The fraction of sp³-hybridized carbons (Fsp3) is 0.150. The summed E-state index contributed by atoms with van der Waals surface area (Å²) in [6.07, 6.45) is 1.75. The van der Waals surface area contributed by atoms with Gasteiger partial charge in [-0.2, -0.15) is 5.26 Å². The maximum Gasteiger partial charge on any atom is 0.258 e. The van der Waals surface area contributed by atoms with E-state index >= 15 is 0 Å². The number of aromatic nitrogens is 2. The van der Waals surface area contributed by atoms with E-state index in [1.54, 1.807) is 30.5 Å². The number of nitrogens with zero attached hydrogens (tertiary/aromatic N) is 2. The molecule has 26 heavy (non-hydrogen) atoms. The molecular formula is C20H18N4O2. The molecule has 0 saturated carbocycles. The van der Waals surface area contributed by atoms with Gasteiger partial charge in [0, 0.05) is 0 Å². The van der Waals surface area contributed by atoms with E-state index < -0.39 is 0 Å². The van der Waals surface area contributed by atoms with Crippen LogP contribution >= 0.6 is 0 Å². The summed E-state index contributed by atoms with van der Waals surface area (Å²) in [5.74, 6) is 0.964. The number of hydrogen-bond donors (Lipinski definition) is 2. The van der Waals surface area contributed by atoms with Gasteiger partial charge in [0.25, 0.3) is 5.91 Å². The smallest absolute Gasteiger partial charge is 0.258 e. The van der Waals surface area contributed by atoms with Gasteiger partial charge in [0.05, 0.1) is 29.6 Å². The van der Waals surface area contributed by atoms with Crippen LogP contribution < -0.4 is 10.1 Å². The number of nitriles is 1. The Morgan fingerprint density at radius 2 is 1.96 bits per heavy atom. The standard InChI is InChI=1S/C20H18N4O2/c1-14(20-22-12-18(24-20)16-5-3-2-4-6-16)23-19(25)13-26-17-9-7-15(11-21)8-10-17/h2-10,12,14H,13H2,1H3,(H,22,24)(H,23,25)/t14-/m1/s1. The summed E-state index contributed by atoms with van der Waals surface area (Å²) in [7, 11) is 0. The van der Waals surface area contributed by atoms with Crippen molar-refractivity contribution in [2.24, 2.45) is 0 Å². The molecule has 0 fully saturated rings. The normalized spacial score (nSPS) is 11.4. The number of aromatic amines is 1. The molecule has 3 rings (SSSR count). The molecule has 0 unspecified atom stereocenters. The molecule has 1 heterocycles. The summed E-state index contributed by atoms with van der Waals surface area (Å²) < 4.78 is 5.43. The van der Waals surface area contributed by atoms with E-state index in [0.29, 0.717) is 17.1 Å². The Morgan fingerprint density at radius 3 is 2.65 bits per heavy atom. The first-order chi connectivity index (χ1) is 12.7. The molecular weight excluding hydrogens is 328 g/mol. The molecule has 0 saturated heterocycles. The number of H-pyrrole nitrogens is 1. The Balaban J connectivity index is 1.54. The summed E-state index contributed by atoms with van der Waals surface area (Å²) in [5.41, 5.74) is 2.48. The number of rotatable bonds is 6. The Bertz CT molecular complexity index is 911. The average Bonchev–Trinajstić information content (AvgIpc) is 3.18. The molecule has 0 aliphatic heterocycles. The van der Waals surface area contributed by atoms with Crippen LogP contribution in [0, 0.1) is 11.3 Å². The highest BCUT2D eigenvalue weighted by Crippen LogP contribution is 2.18. The Kier molecular flexibility index (Phi) is 5.30. The quantitative estimate of drug-likeness (QED) is 0.717. The minimum atomic E-state index is -0.274. The van der Waals surface area contributed by atoms with Crippen molar-refractivity contribution in [1.82, 2.24) is 15.3 Å². The number of amides is 1. The van der Waals surface area contributed by atoms with Crippen molar-refractivity contribution >= 4 is 5.91 Å². The number of nitrogens with one attached hydrogen (secondary N) is 2. The zero-order valence-electron chi connectivity index (χ0n) is 14.3. The number of imidazole rings is 1. The molecule has 3 aromatic rings. The van der Waals surface area contributed by atoms with Crippen molar-refractivity contribution in [2.75, 3.05) is 6.61 Å². The third-order valence-corrected chi connectivity index (χ3v) is 3.82. The lowest BCUT2D eigenvalue weighted by Crippen LogP contribution is -2.31. The van der Waals surface area contributed by atoms with Gasteiger partial charge in [0.2, 0.25) is 0 Å². The van der Waals surface area contributed by atoms with Crippen LogP contribution in [0.3, 0.4) is 0 Å². The lowest BCUT2D eigenvalue weighted by atomic mass is 10.2. The third-order valence-electron chi connectivity index (χ3n) is 3.82. The van der Waals surface area contributed by atoms with Crippen molar-refractivity contribution < 1.29 is 9.53 Å². The van der Waals surface area contributed by atoms with Gasteiger partial charge in [-0.15, -0.1) is 0 Å². The molecule has 1 amide bonds. The van der Waals surface area contributed by atoms with E-state index in [-0.39, 0.29) is 18.6 Å². The predicted octanol–water partition coefficient (Wildman–Crippen LogP) is 3.20. The van der Waals surface area contributed by atoms with Crippen LogP contribution in [-0.2, 0) is 4.79 Å². The molecule has 1 aromatic heterocycles. The summed E-state index contributed by atoms with van der Waals surface area (Å²) in [5, 5.41) is 11.6. The van der Waals surface area contributed by atoms with E-state index in [1.165, 1.54) is 0 Å². The van der Waals surface area contributed by atoms with E-state index in [1.807, 2.05) is 43.3 Å². The highest BCUT2D eigenvalue weighted by atomic mass is 16.5. The summed E-state index contributed by atoms with van der Waals surface area (Å²) >= 11 is 0. The van der Waals surface area contributed by atoms with Crippen LogP contribution in [0.5, 0.6) is 5.75 Å². The lowest BCUT2D eigenvalue weighted by Gasteiger charge is -2.12. The largest absolute Gasteiger partial charge is 0.484 e. The fourth-order valence-electron chi connectivity index (χ4n) is 2.45. The minimum Gasteiger partial charge on any atom is -0.484 e. The topological polar surface area (TPSA) is 90.8 Å². The number of hydrogen-bond acceptors (Lipinski definition) is 4. The lowest BCUT2D eigenvalue weighted by molar-refractivity contribution is -0.123. The molecule has 0 aliphatic rings. The number of carbonyl (C=O) groups excluding carboxylic acids is 1. The monoisotopic (exact) mass is 346 g/mol. The van der Waals surface area contributed by atoms with Gasteiger partial charge in [-0.25, -0.2) is 4.98 Å². The Labute approximate surface area is 151 Å². The first-order valence-electron chi connectivity index (χ1n) is 8.18. The van der Waals surface area contributed by atoms with E-state index in [2.05, 4.69) is 15.3 Å². The van der Waals surface area contributed by atoms with Gasteiger partial charge < -0.3 is 15.0 Å². The number of carbonyl (C=O) groups is 1. The second kappa shape index (κ2) is 7.99. The van der Waals surface area contributed by atoms with Crippen LogP contribution in [0.2, 0.25) is 0 Å². The molecule has 0 spiro atoms. The number of ether oxygens (including phenoxy) is 1. The average molecular weight is 346 g/mol. The Morgan fingerprint density at radius 1 is 1.23 bits per heavy atom. The summed E-state index contributed by atoms with van der Waals surface area (Å²) in [6, 6.07) is 18.2. The van der Waals surface area contributed by atoms with Gasteiger partial charge in [-0.3, -0.25) is 4.79 Å². The first kappa shape index (κ1) is 17.2. The van der Waals surface area contributed by atoms with Crippen LogP contribution in [0.1, 0.15) is 24.4 Å². The second-order valence-electron chi connectivity index (χ2n) is 5.76. The van der Waals surface area contributed by atoms with Crippen LogP contribution in [0.25, 0.3) is 11.3 Å². The highest BCUT2D eigenvalue weighted by Gasteiger charge is 2.14. The maximum absolute atomic E-state index is 12.1. The minimum absolute atomic E-state index is 0.109. The third kappa shape index (κ3) is 4.28. The van der Waals surface area contributed by atoms with E-state index in [4.69, 9.17) is 10.00 Å². The van der Waals surface area contributed by atoms with Gasteiger partial charge in [-0.1, -0.05) is 30.3 Å². The van der Waals surface area contributed by atoms with Crippen molar-refractivity contribution in [3.8, 4) is 23.1 Å². The van der Waals surface area contributed by atoms with Crippen molar-refractivity contribution in [2.45, 2.75) is 13.0 Å². The molecule has 0 radical (unpaired) electrons. The highest BCUT2D eigenvalue weighted by molar-refractivity contribution is 5.77. The maximum atomic E-state index is 12.1. The van der Waals surface area contributed by atoms with Crippen LogP contribution in [0.4, 0.5) is 0 Å². The zero-order valence-corrected chi connectivity index (χ0v) is 14.3. The first-order valence-corrected chi connectivity index (χ1v) is 8.18. The molecule has 2 N–H and O–H groups in total. The molecule has 0 bridgehead atoms. The van der Waals surface area contributed by atoms with Crippen LogP contribution in [-0.4, -0.2) is 22.5 Å². The zero-order chi connectivity index (χ0) is 18.4. The SMILES string of the molecule is C[C@@H](NC(=O)COc1ccc(C#N)cc1)c1ncc(-c2ccccc2)[nH]1. The second-order valence-corrected chi connectivity index (χ2v) is 5.76. The van der Waals surface area contributed by atoms with Gasteiger partial charge in [-0.05, 0) is 36.8 Å². The molecule has 0 aliphatic carbocycles. The summed E-state index contributed by atoms with van der Waals surface area (Å²) in [4.78, 5) is 19.6. The van der Waals surface area contributed by atoms with Gasteiger partial charge in [0.1, 0.15) is 11.6 Å².